The lowest BCUT2D eigenvalue weighted by Gasteiger charge is -2.60. The van der Waals surface area contributed by atoms with Gasteiger partial charge in [0.25, 0.3) is 0 Å². The number of nitrogens with zero attached hydrogens (tertiary/aromatic N) is 1. The summed E-state index contributed by atoms with van der Waals surface area (Å²) in [5.41, 5.74) is 0.527. The van der Waals surface area contributed by atoms with E-state index in [1.165, 1.54) is 43.5 Å². The van der Waals surface area contributed by atoms with Crippen LogP contribution in [0.2, 0.25) is 0 Å². The van der Waals surface area contributed by atoms with Crippen molar-refractivity contribution in [1.82, 2.24) is 0 Å². The molecule has 4 aliphatic carbocycles. The Morgan fingerprint density at radius 1 is 1.12 bits per heavy atom. The first-order chi connectivity index (χ1) is 8.25. The summed E-state index contributed by atoms with van der Waals surface area (Å²) in [5, 5.41) is 3.69. The second-order valence-electron chi connectivity index (χ2n) is 6.65. The molecule has 0 saturated heterocycles. The molecule has 0 spiro atoms. The molecule has 0 aromatic carbocycles. The average Bonchev–Trinajstić information content (AvgIpc) is 2.79. The van der Waals surface area contributed by atoms with Gasteiger partial charge in [-0.05, 0) is 73.8 Å². The largest absolute Gasteiger partial charge is 0.361 e. The highest BCUT2D eigenvalue weighted by molar-refractivity contribution is 7.14. The number of anilines is 1. The molecule has 92 valence electrons. The fourth-order valence-corrected chi connectivity index (χ4v) is 5.98. The maximum atomic E-state index is 2.64. The first-order valence-corrected chi connectivity index (χ1v) is 7.90. The molecule has 0 atom stereocenters. The molecule has 0 unspecified atom stereocenters. The second kappa shape index (κ2) is 3.50. The van der Waals surface area contributed by atoms with E-state index >= 15 is 0 Å². The van der Waals surface area contributed by atoms with E-state index in [-0.39, 0.29) is 0 Å². The van der Waals surface area contributed by atoms with E-state index in [1.807, 2.05) is 11.3 Å². The van der Waals surface area contributed by atoms with Gasteiger partial charge >= 0.3 is 0 Å². The van der Waals surface area contributed by atoms with Crippen LogP contribution in [0, 0.1) is 17.8 Å². The van der Waals surface area contributed by atoms with Gasteiger partial charge < -0.3 is 4.90 Å². The first-order valence-electron chi connectivity index (χ1n) is 7.02. The molecule has 0 aliphatic heterocycles. The maximum absolute atomic E-state index is 2.64. The van der Waals surface area contributed by atoms with Crippen LogP contribution in [0.5, 0.6) is 0 Å². The molecule has 0 N–H and O–H groups in total. The van der Waals surface area contributed by atoms with Gasteiger partial charge in [0.2, 0.25) is 0 Å². The topological polar surface area (TPSA) is 3.24 Å². The summed E-state index contributed by atoms with van der Waals surface area (Å²) in [4.78, 5) is 2.64. The van der Waals surface area contributed by atoms with E-state index < -0.39 is 0 Å². The van der Waals surface area contributed by atoms with E-state index in [4.69, 9.17) is 0 Å². The molecule has 1 aromatic heterocycles. The van der Waals surface area contributed by atoms with Gasteiger partial charge in [-0.25, -0.2) is 0 Å². The van der Waals surface area contributed by atoms with Crippen molar-refractivity contribution >= 4 is 16.3 Å². The van der Waals surface area contributed by atoms with Gasteiger partial charge in [0.1, 0.15) is 0 Å². The van der Waals surface area contributed by atoms with Gasteiger partial charge in [-0.2, -0.15) is 0 Å². The van der Waals surface area contributed by atoms with Crippen LogP contribution in [-0.4, -0.2) is 12.6 Å². The van der Waals surface area contributed by atoms with Crippen LogP contribution in [0.15, 0.2) is 17.5 Å². The van der Waals surface area contributed by atoms with Gasteiger partial charge in [-0.15, -0.1) is 11.3 Å². The molecule has 0 amide bonds. The highest BCUT2D eigenvalue weighted by Gasteiger charge is 2.52. The minimum atomic E-state index is 0.527. The monoisotopic (exact) mass is 247 g/mol. The number of hydrogen-bond acceptors (Lipinski definition) is 2. The summed E-state index contributed by atoms with van der Waals surface area (Å²) in [6.07, 6.45) is 9.01. The Morgan fingerprint density at radius 3 is 2.18 bits per heavy atom. The van der Waals surface area contributed by atoms with E-state index in [9.17, 15) is 0 Å². The normalized spacial score (nSPS) is 43.0. The lowest BCUT2D eigenvalue weighted by molar-refractivity contribution is -0.00175. The SMILES string of the molecule is CN(c1cccs1)C12CC3CC(CC(C3)C1)C2. The molecule has 0 radical (unpaired) electrons. The van der Waals surface area contributed by atoms with Gasteiger partial charge in [-0.3, -0.25) is 0 Å². The molecule has 4 saturated carbocycles. The van der Waals surface area contributed by atoms with Crippen molar-refractivity contribution < 1.29 is 0 Å². The van der Waals surface area contributed by atoms with Crippen molar-refractivity contribution in [1.29, 1.82) is 0 Å². The van der Waals surface area contributed by atoms with Crippen molar-refractivity contribution in [3.8, 4) is 0 Å². The van der Waals surface area contributed by atoms with Crippen LogP contribution in [-0.2, 0) is 0 Å². The zero-order valence-electron chi connectivity index (χ0n) is 10.6. The molecule has 1 aromatic rings. The van der Waals surface area contributed by atoms with E-state index in [0.717, 1.165) is 17.8 Å². The molecular formula is C15H21NS. The molecule has 1 nitrogen and oxygen atoms in total. The third-order valence-corrected chi connectivity index (χ3v) is 6.50. The Bertz CT molecular complexity index is 373. The highest BCUT2D eigenvalue weighted by Crippen LogP contribution is 2.58. The predicted octanol–water partition coefficient (Wildman–Crippen LogP) is 4.15. The zero-order chi connectivity index (χ0) is 11.5. The molecule has 2 heteroatoms. The van der Waals surface area contributed by atoms with Crippen LogP contribution >= 0.6 is 11.3 Å². The smallest absolute Gasteiger partial charge is 0.0910 e. The fourth-order valence-electron chi connectivity index (χ4n) is 5.17. The van der Waals surface area contributed by atoms with Crippen molar-refractivity contribution in [3.05, 3.63) is 17.5 Å². The quantitative estimate of drug-likeness (QED) is 0.758. The highest BCUT2D eigenvalue weighted by atomic mass is 32.1. The molecule has 4 fully saturated rings. The molecular weight excluding hydrogens is 226 g/mol. The Hall–Kier alpha value is -0.500. The molecule has 5 rings (SSSR count). The van der Waals surface area contributed by atoms with Gasteiger partial charge in [0.05, 0.1) is 5.00 Å². The summed E-state index contributed by atoms with van der Waals surface area (Å²) in [6, 6.07) is 4.49. The molecule has 17 heavy (non-hydrogen) atoms. The predicted molar refractivity (Wildman–Crippen MR) is 73.6 cm³/mol. The third kappa shape index (κ3) is 1.49. The molecule has 1 heterocycles. The standard InChI is InChI=1S/C15H21NS/c1-16(14-3-2-4-17-14)15-8-11-5-12(9-15)7-13(6-11)10-15/h2-4,11-13H,5-10H2,1H3. The van der Waals surface area contributed by atoms with E-state index in [0.29, 0.717) is 5.54 Å². The Labute approximate surface area is 108 Å². The van der Waals surface area contributed by atoms with Crippen LogP contribution < -0.4 is 4.90 Å². The molecule has 4 aliphatic rings. The summed E-state index contributed by atoms with van der Waals surface area (Å²) in [7, 11) is 2.35. The molecule has 4 bridgehead atoms. The maximum Gasteiger partial charge on any atom is 0.0910 e. The Balaban J connectivity index is 1.68. The minimum absolute atomic E-state index is 0.527. The van der Waals surface area contributed by atoms with Crippen molar-refractivity contribution in [2.45, 2.75) is 44.1 Å². The lowest BCUT2D eigenvalue weighted by atomic mass is 9.52. The van der Waals surface area contributed by atoms with Crippen LogP contribution in [0.3, 0.4) is 0 Å². The number of thiophene rings is 1. The van der Waals surface area contributed by atoms with Crippen molar-refractivity contribution in [2.75, 3.05) is 11.9 Å². The van der Waals surface area contributed by atoms with Crippen molar-refractivity contribution in [3.63, 3.8) is 0 Å². The van der Waals surface area contributed by atoms with E-state index in [1.54, 1.807) is 0 Å². The average molecular weight is 247 g/mol. The Kier molecular flexibility index (Phi) is 2.15. The van der Waals surface area contributed by atoms with Gasteiger partial charge in [0.15, 0.2) is 0 Å². The van der Waals surface area contributed by atoms with Crippen LogP contribution in [0.25, 0.3) is 0 Å². The second-order valence-corrected chi connectivity index (χ2v) is 7.58. The van der Waals surface area contributed by atoms with E-state index in [2.05, 4.69) is 29.5 Å². The van der Waals surface area contributed by atoms with Gasteiger partial charge in [-0.1, -0.05) is 0 Å². The fraction of sp³-hybridized carbons (Fsp3) is 0.733. The first kappa shape index (κ1) is 10.4. The van der Waals surface area contributed by atoms with Gasteiger partial charge in [0, 0.05) is 12.6 Å². The summed E-state index contributed by atoms with van der Waals surface area (Å²) >= 11 is 1.91. The summed E-state index contributed by atoms with van der Waals surface area (Å²) in [6.45, 7) is 0. The lowest BCUT2D eigenvalue weighted by Crippen LogP contribution is -2.59. The third-order valence-electron chi connectivity index (χ3n) is 5.55. The number of rotatable bonds is 2. The summed E-state index contributed by atoms with van der Waals surface area (Å²) < 4.78 is 0. The summed E-state index contributed by atoms with van der Waals surface area (Å²) in [5.74, 6) is 3.14. The van der Waals surface area contributed by atoms with Crippen LogP contribution in [0.4, 0.5) is 5.00 Å². The van der Waals surface area contributed by atoms with Crippen LogP contribution in [0.1, 0.15) is 38.5 Å². The minimum Gasteiger partial charge on any atom is -0.361 e. The Morgan fingerprint density at radius 2 is 1.71 bits per heavy atom. The number of hydrogen-bond donors (Lipinski definition) is 0. The zero-order valence-corrected chi connectivity index (χ0v) is 11.4. The van der Waals surface area contributed by atoms with Crippen molar-refractivity contribution in [2.24, 2.45) is 17.8 Å².